The molecule has 1 heterocycles. The molecule has 17 heavy (non-hydrogen) atoms. The molecule has 0 aromatic carbocycles. The molecule has 0 amide bonds. The Morgan fingerprint density at radius 2 is 2.29 bits per heavy atom. The quantitative estimate of drug-likeness (QED) is 0.365. The highest BCUT2D eigenvalue weighted by atomic mass is 35.5. The van der Waals surface area contributed by atoms with Crippen LogP contribution in [0.25, 0.3) is 0 Å². The highest BCUT2D eigenvalue weighted by Gasteiger charge is 2.18. The summed E-state index contributed by atoms with van der Waals surface area (Å²) >= 11 is 6.16. The summed E-state index contributed by atoms with van der Waals surface area (Å²) in [6, 6.07) is -0.175. The number of nitrogens with two attached hydrogens (primary N) is 1. The molecule has 1 aromatic heterocycles. The molecule has 0 spiro atoms. The summed E-state index contributed by atoms with van der Waals surface area (Å²) in [4.78, 5) is 1.93. The summed E-state index contributed by atoms with van der Waals surface area (Å²) < 4.78 is 1.74. The van der Waals surface area contributed by atoms with E-state index >= 15 is 0 Å². The minimum Gasteiger partial charge on any atom is -0.409 e. The number of oxime groups is 1. The number of rotatable bonds is 4. The van der Waals surface area contributed by atoms with E-state index < -0.39 is 0 Å². The predicted molar refractivity (Wildman–Crippen MR) is 67.3 cm³/mol. The summed E-state index contributed by atoms with van der Waals surface area (Å²) in [5.74, 6) is 0.169. The van der Waals surface area contributed by atoms with Gasteiger partial charge in [0.2, 0.25) is 0 Å². The summed E-state index contributed by atoms with van der Waals surface area (Å²) in [6.07, 6.45) is 0. The second-order valence-corrected chi connectivity index (χ2v) is 4.46. The summed E-state index contributed by atoms with van der Waals surface area (Å²) in [6.45, 7) is 4.29. The average Bonchev–Trinajstić information content (AvgIpc) is 2.53. The van der Waals surface area contributed by atoms with Crippen LogP contribution in [0.3, 0.4) is 0 Å². The van der Waals surface area contributed by atoms with E-state index in [9.17, 15) is 0 Å². The molecule has 1 aromatic rings. The van der Waals surface area contributed by atoms with E-state index in [0.29, 0.717) is 11.6 Å². The number of halogens is 1. The van der Waals surface area contributed by atoms with Gasteiger partial charge in [-0.05, 0) is 20.9 Å². The molecule has 1 rings (SSSR count). The number of aryl methyl sites for hydroxylation is 2. The van der Waals surface area contributed by atoms with E-state index in [1.54, 1.807) is 4.68 Å². The molecule has 0 saturated carbocycles. The van der Waals surface area contributed by atoms with Gasteiger partial charge in [0.05, 0.1) is 22.5 Å². The first kappa shape index (κ1) is 13.8. The molecule has 0 bridgehead atoms. The first-order valence-electron chi connectivity index (χ1n) is 5.24. The Labute approximate surface area is 106 Å². The van der Waals surface area contributed by atoms with Gasteiger partial charge in [-0.25, -0.2) is 0 Å². The molecule has 0 aliphatic rings. The lowest BCUT2D eigenvalue weighted by Crippen LogP contribution is -2.40. The smallest absolute Gasteiger partial charge is 0.156 e. The van der Waals surface area contributed by atoms with Crippen LogP contribution in [0.2, 0.25) is 5.02 Å². The van der Waals surface area contributed by atoms with Gasteiger partial charge in [0.15, 0.2) is 5.84 Å². The van der Waals surface area contributed by atoms with Crippen molar-refractivity contribution in [2.75, 3.05) is 7.05 Å². The van der Waals surface area contributed by atoms with Crippen molar-refractivity contribution in [2.24, 2.45) is 17.9 Å². The van der Waals surface area contributed by atoms with Crippen LogP contribution < -0.4 is 5.73 Å². The number of nitrogens with zero attached hydrogens (tertiary/aromatic N) is 4. The molecular weight excluding hydrogens is 242 g/mol. The Balaban J connectivity index is 2.84. The van der Waals surface area contributed by atoms with Crippen LogP contribution in [0.5, 0.6) is 0 Å². The van der Waals surface area contributed by atoms with Crippen LogP contribution in [0, 0.1) is 6.92 Å². The van der Waals surface area contributed by atoms with Crippen molar-refractivity contribution in [3.8, 4) is 0 Å². The molecule has 1 atom stereocenters. The number of hydrogen-bond acceptors (Lipinski definition) is 4. The zero-order valence-electron chi connectivity index (χ0n) is 10.5. The maximum Gasteiger partial charge on any atom is 0.156 e. The van der Waals surface area contributed by atoms with Gasteiger partial charge in [0.1, 0.15) is 0 Å². The van der Waals surface area contributed by atoms with E-state index in [0.717, 1.165) is 11.4 Å². The number of aromatic nitrogens is 2. The fourth-order valence-electron chi connectivity index (χ4n) is 1.53. The van der Waals surface area contributed by atoms with Crippen molar-refractivity contribution in [3.63, 3.8) is 0 Å². The molecule has 0 radical (unpaired) electrons. The number of amidine groups is 1. The highest BCUT2D eigenvalue weighted by Crippen LogP contribution is 2.21. The Kier molecular flexibility index (Phi) is 4.36. The van der Waals surface area contributed by atoms with Crippen molar-refractivity contribution >= 4 is 17.4 Å². The monoisotopic (exact) mass is 259 g/mol. The van der Waals surface area contributed by atoms with Gasteiger partial charge >= 0.3 is 0 Å². The van der Waals surface area contributed by atoms with Crippen LogP contribution in [0.1, 0.15) is 18.3 Å². The van der Waals surface area contributed by atoms with Crippen molar-refractivity contribution < 1.29 is 5.21 Å². The predicted octanol–water partition coefficient (Wildman–Crippen LogP) is 0.949. The summed E-state index contributed by atoms with van der Waals surface area (Å²) in [7, 11) is 3.72. The summed E-state index contributed by atoms with van der Waals surface area (Å²) in [5, 5.41) is 16.5. The van der Waals surface area contributed by atoms with Crippen molar-refractivity contribution in [3.05, 3.63) is 16.4 Å². The number of hydrogen-bond donors (Lipinski definition) is 2. The minimum absolute atomic E-state index is 0.169. The molecule has 0 aliphatic heterocycles. The van der Waals surface area contributed by atoms with E-state index in [4.69, 9.17) is 22.5 Å². The zero-order chi connectivity index (χ0) is 13.2. The van der Waals surface area contributed by atoms with Crippen LogP contribution in [0.15, 0.2) is 5.16 Å². The molecule has 6 nitrogen and oxygen atoms in total. The third-order valence-electron chi connectivity index (χ3n) is 2.87. The Bertz CT molecular complexity index is 429. The molecule has 0 fully saturated rings. The van der Waals surface area contributed by atoms with Crippen molar-refractivity contribution in [2.45, 2.75) is 26.4 Å². The first-order valence-corrected chi connectivity index (χ1v) is 5.61. The van der Waals surface area contributed by atoms with Gasteiger partial charge in [0.25, 0.3) is 0 Å². The van der Waals surface area contributed by atoms with Crippen molar-refractivity contribution in [1.29, 1.82) is 0 Å². The second-order valence-electron chi connectivity index (χ2n) is 4.09. The third-order valence-corrected chi connectivity index (χ3v) is 3.36. The van der Waals surface area contributed by atoms with Gasteiger partial charge < -0.3 is 10.9 Å². The van der Waals surface area contributed by atoms with Gasteiger partial charge in [-0.1, -0.05) is 16.8 Å². The lowest BCUT2D eigenvalue weighted by atomic mass is 10.2. The minimum atomic E-state index is -0.175. The lowest BCUT2D eigenvalue weighted by molar-refractivity contribution is 0.274. The van der Waals surface area contributed by atoms with E-state index in [2.05, 4.69) is 10.3 Å². The van der Waals surface area contributed by atoms with Crippen molar-refractivity contribution in [1.82, 2.24) is 14.7 Å². The van der Waals surface area contributed by atoms with E-state index in [1.807, 2.05) is 32.8 Å². The lowest BCUT2D eigenvalue weighted by Gasteiger charge is -2.23. The fourth-order valence-corrected chi connectivity index (χ4v) is 1.75. The van der Waals surface area contributed by atoms with Crippen LogP contribution in [-0.4, -0.2) is 38.8 Å². The van der Waals surface area contributed by atoms with E-state index in [1.165, 1.54) is 0 Å². The van der Waals surface area contributed by atoms with Gasteiger partial charge in [-0.3, -0.25) is 9.58 Å². The molecule has 7 heteroatoms. The number of likely N-dealkylation sites (N-methyl/N-ethyl adjacent to an activating group) is 1. The highest BCUT2D eigenvalue weighted by molar-refractivity contribution is 6.31. The van der Waals surface area contributed by atoms with Crippen LogP contribution in [0.4, 0.5) is 0 Å². The van der Waals surface area contributed by atoms with Gasteiger partial charge in [0, 0.05) is 13.6 Å². The zero-order valence-corrected chi connectivity index (χ0v) is 11.2. The molecule has 96 valence electrons. The normalized spacial score (nSPS) is 14.4. The Morgan fingerprint density at radius 3 is 2.71 bits per heavy atom. The Hall–Kier alpha value is -1.27. The SMILES string of the molecule is Cc1nn(C)c(CN(C)C(C)C(N)=NO)c1Cl. The second kappa shape index (κ2) is 5.37. The topological polar surface area (TPSA) is 79.7 Å². The molecule has 3 N–H and O–H groups in total. The van der Waals surface area contributed by atoms with E-state index in [-0.39, 0.29) is 11.9 Å². The fraction of sp³-hybridized carbons (Fsp3) is 0.600. The Morgan fingerprint density at radius 1 is 1.71 bits per heavy atom. The molecule has 0 aliphatic carbocycles. The van der Waals surface area contributed by atoms with Gasteiger partial charge in [-0.2, -0.15) is 5.10 Å². The maximum atomic E-state index is 8.63. The summed E-state index contributed by atoms with van der Waals surface area (Å²) in [5.41, 5.74) is 7.26. The van der Waals surface area contributed by atoms with Crippen LogP contribution >= 0.6 is 11.6 Å². The maximum absolute atomic E-state index is 8.63. The third kappa shape index (κ3) is 2.89. The van der Waals surface area contributed by atoms with Gasteiger partial charge in [-0.15, -0.1) is 0 Å². The standard InChI is InChI=1S/C10H18ClN5O/c1-6-9(11)8(16(4)13-6)5-15(3)7(2)10(12)14-17/h7,17H,5H2,1-4H3,(H2,12,14). The molecule has 1 unspecified atom stereocenters. The largest absolute Gasteiger partial charge is 0.409 e. The molecule has 0 saturated heterocycles. The average molecular weight is 260 g/mol. The molecular formula is C10H18ClN5O. The van der Waals surface area contributed by atoms with Crippen LogP contribution in [-0.2, 0) is 13.6 Å². The first-order chi connectivity index (χ1) is 7.88.